The second-order valence-electron chi connectivity index (χ2n) is 6.46. The van der Waals surface area contributed by atoms with Crippen molar-refractivity contribution in [2.24, 2.45) is 0 Å². The van der Waals surface area contributed by atoms with Crippen LogP contribution in [0.5, 0.6) is 0 Å². The number of benzene rings is 1. The van der Waals surface area contributed by atoms with E-state index in [1.165, 1.54) is 16.9 Å². The van der Waals surface area contributed by atoms with Crippen LogP contribution in [0.1, 0.15) is 32.9 Å². The van der Waals surface area contributed by atoms with E-state index in [1.807, 2.05) is 42.5 Å². The third kappa shape index (κ3) is 2.21. The Hall–Kier alpha value is -2.92. The molecule has 3 heterocycles. The molecular weight excluding hydrogens is 344 g/mol. The van der Waals surface area contributed by atoms with E-state index in [0.29, 0.717) is 16.1 Å². The normalized spacial score (nSPS) is 13.2. The topological polar surface area (TPSA) is 69.1 Å². The van der Waals surface area contributed by atoms with Crippen LogP contribution in [0.25, 0.3) is 21.5 Å². The Bertz CT molecular complexity index is 1130. The van der Waals surface area contributed by atoms with Crippen molar-refractivity contribution in [3.63, 3.8) is 0 Å². The third-order valence-corrected chi connectivity index (χ3v) is 6.01. The molecule has 4 aromatic rings. The van der Waals surface area contributed by atoms with Crippen molar-refractivity contribution >= 4 is 33.0 Å². The van der Waals surface area contributed by atoms with Crippen molar-refractivity contribution in [3.05, 3.63) is 70.4 Å². The predicted octanol–water partition coefficient (Wildman–Crippen LogP) is 4.86. The molecule has 0 radical (unpaired) electrons. The van der Waals surface area contributed by atoms with Crippen LogP contribution < -0.4 is 5.73 Å². The van der Waals surface area contributed by atoms with E-state index in [2.05, 4.69) is 0 Å². The van der Waals surface area contributed by atoms with E-state index >= 15 is 0 Å². The van der Waals surface area contributed by atoms with E-state index in [4.69, 9.17) is 15.1 Å². The lowest BCUT2D eigenvalue weighted by molar-refractivity contribution is 0.104. The molecule has 1 aliphatic carbocycles. The first kappa shape index (κ1) is 15.3. The van der Waals surface area contributed by atoms with Crippen molar-refractivity contribution in [2.75, 3.05) is 5.73 Å². The Morgan fingerprint density at radius 2 is 1.96 bits per heavy atom. The fourth-order valence-electron chi connectivity index (χ4n) is 3.73. The number of thiophene rings is 1. The zero-order chi connectivity index (χ0) is 17.7. The number of hydrogen-bond donors (Lipinski definition) is 1. The van der Waals surface area contributed by atoms with Crippen LogP contribution in [-0.4, -0.2) is 10.8 Å². The molecule has 1 aliphatic rings. The van der Waals surface area contributed by atoms with Gasteiger partial charge in [0.05, 0.1) is 12.0 Å². The quantitative estimate of drug-likeness (QED) is 0.530. The summed E-state index contributed by atoms with van der Waals surface area (Å²) in [6, 6.07) is 13.1. The van der Waals surface area contributed by atoms with Gasteiger partial charge in [0.25, 0.3) is 0 Å². The van der Waals surface area contributed by atoms with Crippen molar-refractivity contribution in [2.45, 2.75) is 19.3 Å². The number of rotatable bonds is 3. The number of carbonyl (C=O) groups excluding carboxylic acids is 1. The third-order valence-electron chi connectivity index (χ3n) is 4.91. The molecule has 5 rings (SSSR count). The molecule has 0 fully saturated rings. The summed E-state index contributed by atoms with van der Waals surface area (Å²) < 4.78 is 5.70. The summed E-state index contributed by atoms with van der Waals surface area (Å²) in [6.07, 6.45) is 4.68. The van der Waals surface area contributed by atoms with Crippen LogP contribution >= 0.6 is 11.3 Å². The van der Waals surface area contributed by atoms with Gasteiger partial charge >= 0.3 is 0 Å². The van der Waals surface area contributed by atoms with Crippen LogP contribution in [0, 0.1) is 0 Å². The second-order valence-corrected chi connectivity index (χ2v) is 7.46. The predicted molar refractivity (Wildman–Crippen MR) is 104 cm³/mol. The van der Waals surface area contributed by atoms with E-state index in [0.717, 1.165) is 46.5 Å². The number of ketones is 1. The number of pyridine rings is 1. The highest BCUT2D eigenvalue weighted by molar-refractivity contribution is 7.21. The molecule has 0 aliphatic heterocycles. The summed E-state index contributed by atoms with van der Waals surface area (Å²) in [5.74, 6) is 0.732. The SMILES string of the molecule is Nc1c(C(=O)c2ccccc2)sc2nc3c(c(-c4ccco4)c12)CCC3. The maximum absolute atomic E-state index is 13.0. The number of nitrogen functional groups attached to an aromatic ring is 1. The summed E-state index contributed by atoms with van der Waals surface area (Å²) in [5, 5.41) is 0.852. The lowest BCUT2D eigenvalue weighted by atomic mass is 10.00. The Morgan fingerprint density at radius 1 is 1.12 bits per heavy atom. The van der Waals surface area contributed by atoms with Gasteiger partial charge in [-0.05, 0) is 37.0 Å². The number of aromatic nitrogens is 1. The number of furan rings is 1. The number of anilines is 1. The summed E-state index contributed by atoms with van der Waals surface area (Å²) in [5.41, 5.74) is 10.9. The number of nitrogens with zero attached hydrogens (tertiary/aromatic N) is 1. The molecule has 0 spiro atoms. The lowest BCUT2D eigenvalue weighted by Gasteiger charge is -2.08. The minimum absolute atomic E-state index is 0.0587. The molecule has 2 N–H and O–H groups in total. The average Bonchev–Trinajstić information content (AvgIpc) is 3.41. The van der Waals surface area contributed by atoms with Crippen LogP contribution in [0.2, 0.25) is 0 Å². The highest BCUT2D eigenvalue weighted by Gasteiger charge is 2.27. The Labute approximate surface area is 154 Å². The van der Waals surface area contributed by atoms with Gasteiger partial charge in [0.1, 0.15) is 15.5 Å². The summed E-state index contributed by atoms with van der Waals surface area (Å²) >= 11 is 1.38. The number of carbonyl (C=O) groups is 1. The Kier molecular flexibility index (Phi) is 3.43. The van der Waals surface area contributed by atoms with Gasteiger partial charge in [-0.1, -0.05) is 30.3 Å². The molecule has 0 atom stereocenters. The van der Waals surface area contributed by atoms with Gasteiger partial charge in [-0.15, -0.1) is 11.3 Å². The van der Waals surface area contributed by atoms with Crippen molar-refractivity contribution < 1.29 is 9.21 Å². The summed E-state index contributed by atoms with van der Waals surface area (Å²) in [6.45, 7) is 0. The van der Waals surface area contributed by atoms with Crippen LogP contribution in [0.4, 0.5) is 5.69 Å². The zero-order valence-electron chi connectivity index (χ0n) is 14.0. The van der Waals surface area contributed by atoms with Gasteiger partial charge in [0.15, 0.2) is 0 Å². The fourth-order valence-corrected chi connectivity index (χ4v) is 4.81. The number of hydrogen-bond acceptors (Lipinski definition) is 5. The lowest BCUT2D eigenvalue weighted by Crippen LogP contribution is -2.02. The molecule has 0 amide bonds. The molecule has 0 saturated carbocycles. The summed E-state index contributed by atoms with van der Waals surface area (Å²) in [4.78, 5) is 19.2. The van der Waals surface area contributed by atoms with E-state index in [-0.39, 0.29) is 5.78 Å². The van der Waals surface area contributed by atoms with Gasteiger partial charge in [-0.2, -0.15) is 0 Å². The first-order chi connectivity index (χ1) is 12.7. The molecule has 3 aromatic heterocycles. The fraction of sp³-hybridized carbons (Fsp3) is 0.143. The standard InChI is InChI=1S/C21H16N2O2S/c22-18-17-16(15-10-5-11-25-15)13-8-4-9-14(13)23-21(17)26-20(18)19(24)12-6-2-1-3-7-12/h1-3,5-7,10-11H,4,8-9,22H2. The number of aryl methyl sites for hydroxylation is 1. The van der Waals surface area contributed by atoms with Crippen LogP contribution in [0.3, 0.4) is 0 Å². The molecule has 128 valence electrons. The number of fused-ring (bicyclic) bond motifs is 2. The van der Waals surface area contributed by atoms with Gasteiger partial charge in [-0.3, -0.25) is 4.79 Å². The maximum atomic E-state index is 13.0. The first-order valence-electron chi connectivity index (χ1n) is 8.61. The average molecular weight is 360 g/mol. The Morgan fingerprint density at radius 3 is 2.73 bits per heavy atom. The molecule has 1 aromatic carbocycles. The maximum Gasteiger partial charge on any atom is 0.205 e. The monoisotopic (exact) mass is 360 g/mol. The molecule has 0 unspecified atom stereocenters. The minimum Gasteiger partial charge on any atom is -0.464 e. The van der Waals surface area contributed by atoms with Gasteiger partial charge in [0.2, 0.25) is 5.78 Å². The number of nitrogens with two attached hydrogens (primary N) is 1. The minimum atomic E-state index is -0.0587. The zero-order valence-corrected chi connectivity index (χ0v) is 14.8. The van der Waals surface area contributed by atoms with E-state index in [1.54, 1.807) is 6.26 Å². The molecular formula is C21H16N2O2S. The molecule has 5 heteroatoms. The van der Waals surface area contributed by atoms with E-state index < -0.39 is 0 Å². The Balaban J connectivity index is 1.79. The van der Waals surface area contributed by atoms with Crippen LogP contribution in [0.15, 0.2) is 53.1 Å². The van der Waals surface area contributed by atoms with Crippen LogP contribution in [-0.2, 0) is 12.8 Å². The second kappa shape index (κ2) is 5.81. The van der Waals surface area contributed by atoms with Gasteiger partial charge in [-0.25, -0.2) is 4.98 Å². The molecule has 26 heavy (non-hydrogen) atoms. The highest BCUT2D eigenvalue weighted by atomic mass is 32.1. The smallest absolute Gasteiger partial charge is 0.205 e. The van der Waals surface area contributed by atoms with Crippen molar-refractivity contribution in [1.29, 1.82) is 0 Å². The summed E-state index contributed by atoms with van der Waals surface area (Å²) in [7, 11) is 0. The molecule has 4 nitrogen and oxygen atoms in total. The molecule has 0 bridgehead atoms. The van der Waals surface area contributed by atoms with Crippen molar-refractivity contribution in [1.82, 2.24) is 4.98 Å². The van der Waals surface area contributed by atoms with E-state index in [9.17, 15) is 4.79 Å². The van der Waals surface area contributed by atoms with Gasteiger partial charge < -0.3 is 10.2 Å². The first-order valence-corrected chi connectivity index (χ1v) is 9.43. The van der Waals surface area contributed by atoms with Gasteiger partial charge in [0, 0.05) is 22.2 Å². The highest BCUT2D eigenvalue weighted by Crippen LogP contribution is 2.44. The molecule has 0 saturated heterocycles. The van der Waals surface area contributed by atoms with Crippen molar-refractivity contribution in [3.8, 4) is 11.3 Å². The largest absolute Gasteiger partial charge is 0.464 e.